The van der Waals surface area contributed by atoms with E-state index in [0.717, 1.165) is 35.6 Å². The summed E-state index contributed by atoms with van der Waals surface area (Å²) in [5.41, 5.74) is 2.15. The number of carbonyl (C=O) groups excluding carboxylic acids is 1. The number of hydrogen-bond donors (Lipinski definition) is 1. The van der Waals surface area contributed by atoms with Crippen LogP contribution in [0.3, 0.4) is 0 Å². The van der Waals surface area contributed by atoms with Gasteiger partial charge in [-0.3, -0.25) is 9.10 Å². The zero-order valence-corrected chi connectivity index (χ0v) is 17.4. The van der Waals surface area contributed by atoms with Gasteiger partial charge in [-0.05, 0) is 67.5 Å². The molecule has 0 aliphatic carbocycles. The first kappa shape index (κ1) is 19.3. The Morgan fingerprint density at radius 2 is 1.86 bits per heavy atom. The molecule has 5 nitrogen and oxygen atoms in total. The Morgan fingerprint density at radius 3 is 2.64 bits per heavy atom. The molecule has 2 heterocycles. The smallest absolute Gasteiger partial charge is 0.264 e. The number of nitrogens with one attached hydrogen (secondary N) is 1. The largest absolute Gasteiger partial charge is 0.349 e. The van der Waals surface area contributed by atoms with Crippen LogP contribution in [0, 0.1) is 0 Å². The van der Waals surface area contributed by atoms with Crippen molar-refractivity contribution in [1.82, 2.24) is 5.32 Å². The molecule has 1 N–H and O–H groups in total. The molecule has 1 amide bonds. The average molecular weight is 417 g/mol. The van der Waals surface area contributed by atoms with Crippen molar-refractivity contribution in [2.45, 2.75) is 43.2 Å². The molecule has 148 valence electrons. The van der Waals surface area contributed by atoms with Crippen LogP contribution in [0.15, 0.2) is 53.4 Å². The Morgan fingerprint density at radius 1 is 1.11 bits per heavy atom. The highest BCUT2D eigenvalue weighted by atomic mass is 32.2. The molecular weight excluding hydrogens is 392 g/mol. The number of carbonyl (C=O) groups is 1. The van der Waals surface area contributed by atoms with Crippen molar-refractivity contribution in [3.05, 3.63) is 59.7 Å². The average Bonchev–Trinajstić information content (AvgIpc) is 3.05. The van der Waals surface area contributed by atoms with Crippen molar-refractivity contribution in [2.75, 3.05) is 15.8 Å². The van der Waals surface area contributed by atoms with Gasteiger partial charge in [-0.15, -0.1) is 0 Å². The number of nitrogens with zero attached hydrogens (tertiary/aromatic N) is 1. The van der Waals surface area contributed by atoms with Crippen molar-refractivity contribution < 1.29 is 13.2 Å². The van der Waals surface area contributed by atoms with Crippen LogP contribution in [-0.2, 0) is 16.4 Å². The molecule has 2 aromatic rings. The summed E-state index contributed by atoms with van der Waals surface area (Å²) in [7, 11) is -3.74. The summed E-state index contributed by atoms with van der Waals surface area (Å²) in [4.78, 5) is 12.8. The number of thioether (sulfide) groups is 1. The summed E-state index contributed by atoms with van der Waals surface area (Å²) in [5, 5.41) is 3.05. The van der Waals surface area contributed by atoms with Gasteiger partial charge in [-0.2, -0.15) is 11.8 Å². The van der Waals surface area contributed by atoms with Crippen LogP contribution in [0.1, 0.15) is 35.7 Å². The van der Waals surface area contributed by atoms with Gasteiger partial charge in [0, 0.05) is 17.6 Å². The molecule has 7 heteroatoms. The summed E-state index contributed by atoms with van der Waals surface area (Å²) in [6, 6.07) is 14.0. The number of amides is 1. The van der Waals surface area contributed by atoms with E-state index in [4.69, 9.17) is 0 Å². The summed E-state index contributed by atoms with van der Waals surface area (Å²) in [6.45, 7) is 1.91. The second-order valence-electron chi connectivity index (χ2n) is 7.37. The van der Waals surface area contributed by atoms with Crippen LogP contribution in [0.4, 0.5) is 5.69 Å². The lowest BCUT2D eigenvalue weighted by molar-refractivity contribution is 0.0934. The summed E-state index contributed by atoms with van der Waals surface area (Å²) < 4.78 is 28.2. The normalized spacial score (nSPS) is 20.0. The molecule has 1 saturated heterocycles. The molecule has 28 heavy (non-hydrogen) atoms. The minimum absolute atomic E-state index is 0.153. The van der Waals surface area contributed by atoms with Gasteiger partial charge in [0.15, 0.2) is 0 Å². The minimum atomic E-state index is -3.74. The van der Waals surface area contributed by atoms with Crippen LogP contribution < -0.4 is 9.62 Å². The number of rotatable bonds is 4. The third-order valence-electron chi connectivity index (χ3n) is 5.35. The number of para-hydroxylation sites is 1. The Kier molecular flexibility index (Phi) is 5.38. The molecule has 0 aromatic heterocycles. The fraction of sp³-hybridized carbons (Fsp3) is 0.381. The number of benzene rings is 2. The first-order chi connectivity index (χ1) is 13.5. The highest BCUT2D eigenvalue weighted by Gasteiger charge is 2.36. The van der Waals surface area contributed by atoms with E-state index < -0.39 is 10.0 Å². The van der Waals surface area contributed by atoms with E-state index in [1.165, 1.54) is 10.4 Å². The predicted molar refractivity (Wildman–Crippen MR) is 114 cm³/mol. The molecule has 0 radical (unpaired) electrons. The number of anilines is 1. The van der Waals surface area contributed by atoms with Gasteiger partial charge < -0.3 is 5.32 Å². The van der Waals surface area contributed by atoms with E-state index in [1.54, 1.807) is 18.2 Å². The summed E-state index contributed by atoms with van der Waals surface area (Å²) in [5.74, 6) is 1.89. The fourth-order valence-electron chi connectivity index (χ4n) is 3.93. The minimum Gasteiger partial charge on any atom is -0.349 e. The Labute approximate surface area is 170 Å². The first-order valence-electron chi connectivity index (χ1n) is 9.58. The van der Waals surface area contributed by atoms with E-state index in [1.807, 2.05) is 43.0 Å². The van der Waals surface area contributed by atoms with Crippen molar-refractivity contribution in [3.8, 4) is 0 Å². The van der Waals surface area contributed by atoms with Crippen LogP contribution in [0.2, 0.25) is 0 Å². The Balaban J connectivity index is 1.61. The van der Waals surface area contributed by atoms with Gasteiger partial charge in [-0.25, -0.2) is 8.42 Å². The van der Waals surface area contributed by atoms with Crippen LogP contribution >= 0.6 is 11.8 Å². The molecule has 0 bridgehead atoms. The van der Waals surface area contributed by atoms with Gasteiger partial charge in [0.2, 0.25) is 0 Å². The highest BCUT2D eigenvalue weighted by molar-refractivity contribution is 7.99. The van der Waals surface area contributed by atoms with Gasteiger partial charge in [0.1, 0.15) is 0 Å². The monoisotopic (exact) mass is 416 g/mol. The second-order valence-corrected chi connectivity index (χ2v) is 10.4. The third kappa shape index (κ3) is 3.65. The first-order valence-corrected chi connectivity index (χ1v) is 12.2. The maximum Gasteiger partial charge on any atom is 0.264 e. The fourth-order valence-corrected chi connectivity index (χ4v) is 6.77. The molecule has 1 unspecified atom stereocenters. The number of fused-ring (bicyclic) bond motifs is 1. The molecule has 0 spiro atoms. The van der Waals surface area contributed by atoms with Gasteiger partial charge in [0.25, 0.3) is 15.9 Å². The van der Waals surface area contributed by atoms with Crippen molar-refractivity contribution in [2.24, 2.45) is 0 Å². The molecule has 0 saturated carbocycles. The molecule has 2 aromatic carbocycles. The van der Waals surface area contributed by atoms with Crippen molar-refractivity contribution in [1.29, 1.82) is 0 Å². The van der Waals surface area contributed by atoms with E-state index in [-0.39, 0.29) is 22.9 Å². The quantitative estimate of drug-likeness (QED) is 0.829. The molecule has 2 aliphatic rings. The highest BCUT2D eigenvalue weighted by Crippen LogP contribution is 2.36. The molecule has 2 aliphatic heterocycles. The Hall–Kier alpha value is -1.99. The third-order valence-corrected chi connectivity index (χ3v) is 8.33. The van der Waals surface area contributed by atoms with E-state index in [9.17, 15) is 13.2 Å². The lowest BCUT2D eigenvalue weighted by Crippen LogP contribution is -2.38. The lowest BCUT2D eigenvalue weighted by atomic mass is 10.1. The SMILES string of the molecule is CC1Cc2ccccc2N1S(=O)(=O)c1cccc(C(=O)NC2CCSCC2)c1. The van der Waals surface area contributed by atoms with Crippen LogP contribution in [0.5, 0.6) is 0 Å². The maximum atomic E-state index is 13.4. The molecule has 4 rings (SSSR count). The van der Waals surface area contributed by atoms with Gasteiger partial charge in [0.05, 0.1) is 10.6 Å². The number of hydrogen-bond acceptors (Lipinski definition) is 4. The van der Waals surface area contributed by atoms with Gasteiger partial charge >= 0.3 is 0 Å². The maximum absolute atomic E-state index is 13.4. The lowest BCUT2D eigenvalue weighted by Gasteiger charge is -2.25. The molecule has 1 fully saturated rings. The zero-order chi connectivity index (χ0) is 19.7. The second kappa shape index (κ2) is 7.79. The Bertz CT molecular complexity index is 985. The van der Waals surface area contributed by atoms with Crippen LogP contribution in [-0.4, -0.2) is 37.9 Å². The van der Waals surface area contributed by atoms with Crippen LogP contribution in [0.25, 0.3) is 0 Å². The molecular formula is C21H24N2O3S2. The standard InChI is InChI=1S/C21H24N2O3S2/c1-15-13-16-5-2-3-8-20(16)23(15)28(25,26)19-7-4-6-17(14-19)21(24)22-18-9-11-27-12-10-18/h2-8,14-15,18H,9-13H2,1H3,(H,22,24). The van der Waals surface area contributed by atoms with Crippen molar-refractivity contribution >= 4 is 33.4 Å². The zero-order valence-electron chi connectivity index (χ0n) is 15.8. The summed E-state index contributed by atoms with van der Waals surface area (Å²) >= 11 is 1.90. The number of sulfonamides is 1. The van der Waals surface area contributed by atoms with E-state index >= 15 is 0 Å². The topological polar surface area (TPSA) is 66.5 Å². The van der Waals surface area contributed by atoms with Gasteiger partial charge in [-0.1, -0.05) is 24.3 Å². The molecule has 1 atom stereocenters. The van der Waals surface area contributed by atoms with E-state index in [2.05, 4.69) is 5.32 Å². The van der Waals surface area contributed by atoms with E-state index in [0.29, 0.717) is 12.0 Å². The predicted octanol–water partition coefficient (Wildman–Crippen LogP) is 3.45. The van der Waals surface area contributed by atoms with Crippen molar-refractivity contribution in [3.63, 3.8) is 0 Å². The summed E-state index contributed by atoms with van der Waals surface area (Å²) in [6.07, 6.45) is 2.60.